The molecular formula is C51H43N3P2. The second kappa shape index (κ2) is 17.6. The number of rotatable bonds is 12. The highest BCUT2D eigenvalue weighted by atomic mass is 31.2. The van der Waals surface area contributed by atoms with Crippen molar-refractivity contribution in [3.63, 3.8) is 0 Å². The number of hydrogen-bond acceptors (Lipinski definition) is 3. The van der Waals surface area contributed by atoms with Crippen LogP contribution in [0.1, 0.15) is 11.1 Å². The lowest BCUT2D eigenvalue weighted by Crippen LogP contribution is -2.25. The molecule has 0 bridgehead atoms. The topological polar surface area (TPSA) is 37.1 Å². The predicted molar refractivity (Wildman–Crippen MR) is 244 cm³/mol. The van der Waals surface area contributed by atoms with Gasteiger partial charge in [-0.1, -0.05) is 218 Å². The first kappa shape index (κ1) is 36.8. The lowest BCUT2D eigenvalue weighted by Gasteiger charge is -2.27. The molecule has 8 aromatic carbocycles. The summed E-state index contributed by atoms with van der Waals surface area (Å²) >= 11 is 0. The fourth-order valence-corrected chi connectivity index (χ4v) is 14.4. The Balaban J connectivity index is 1.18. The van der Waals surface area contributed by atoms with Gasteiger partial charge in [-0.2, -0.15) is 0 Å². The Morgan fingerprint density at radius 3 is 1.02 bits per heavy atom. The molecule has 5 heteroatoms. The minimum atomic E-state index is -2.44. The first-order chi connectivity index (χ1) is 27.8. The largest absolute Gasteiger partial charge is 0.292 e. The van der Waals surface area contributed by atoms with Gasteiger partial charge in [0, 0.05) is 50.2 Å². The maximum atomic E-state index is 5.83. The Kier molecular flexibility index (Phi) is 11.6. The van der Waals surface area contributed by atoms with Gasteiger partial charge in [0.2, 0.25) is 0 Å². The molecule has 0 N–H and O–H groups in total. The molecule has 0 unspecified atom stereocenters. The minimum absolute atomic E-state index is 0.616. The van der Waals surface area contributed by atoms with Gasteiger partial charge in [0.1, 0.15) is 0 Å². The molecule has 56 heavy (non-hydrogen) atoms. The number of aliphatic imine (C=N–C) groups is 1. The Morgan fingerprint density at radius 2 is 0.625 bits per heavy atom. The van der Waals surface area contributed by atoms with E-state index in [0.29, 0.717) is 6.54 Å². The Bertz CT molecular complexity index is 2420. The van der Waals surface area contributed by atoms with Gasteiger partial charge in [-0.15, -0.1) is 0 Å². The zero-order valence-electron chi connectivity index (χ0n) is 31.2. The first-order valence-corrected chi connectivity index (χ1v) is 22.5. The molecule has 0 radical (unpaired) electrons. The van der Waals surface area contributed by atoms with Crippen LogP contribution in [0.3, 0.4) is 0 Å². The lowest BCUT2D eigenvalue weighted by molar-refractivity contribution is 0.973. The molecule has 3 nitrogen and oxygen atoms in total. The smallest absolute Gasteiger partial charge is 0.0712 e. The summed E-state index contributed by atoms with van der Waals surface area (Å²) in [7, 11) is -4.85. The monoisotopic (exact) mass is 759 g/mol. The van der Waals surface area contributed by atoms with Crippen molar-refractivity contribution in [3.8, 4) is 0 Å². The summed E-state index contributed by atoms with van der Waals surface area (Å²) < 4.78 is 11.6. The van der Waals surface area contributed by atoms with Crippen LogP contribution >= 0.6 is 14.1 Å². The Labute approximate surface area is 331 Å². The quantitative estimate of drug-likeness (QED) is 0.0879. The third kappa shape index (κ3) is 7.71. The van der Waals surface area contributed by atoms with Gasteiger partial charge in [-0.25, -0.2) is 0 Å². The highest BCUT2D eigenvalue weighted by Gasteiger charge is 2.29. The Hall–Kier alpha value is -6.11. The second-order valence-electron chi connectivity index (χ2n) is 13.5. The molecule has 0 atom stereocenters. The third-order valence-electron chi connectivity index (χ3n) is 9.96. The average Bonchev–Trinajstić information content (AvgIpc) is 3.29. The SMILES string of the molecule is C(=NCCc1ccccc1N=P(c1ccccc1)(c1ccccc1)c1ccccc1)c1ccccc1N=P(c1ccccc1)(c1ccccc1)c1ccccc1. The number of hydrogen-bond donors (Lipinski definition) is 0. The van der Waals surface area contributed by atoms with Crippen molar-refractivity contribution in [1.29, 1.82) is 0 Å². The van der Waals surface area contributed by atoms with Gasteiger partial charge < -0.3 is 0 Å². The van der Waals surface area contributed by atoms with Crippen LogP contribution in [0.5, 0.6) is 0 Å². The fraction of sp³-hybridized carbons (Fsp3) is 0.0392. The maximum absolute atomic E-state index is 5.83. The molecule has 0 aromatic heterocycles. The molecule has 0 saturated heterocycles. The molecule has 272 valence electrons. The van der Waals surface area contributed by atoms with E-state index in [1.807, 2.05) is 6.21 Å². The summed E-state index contributed by atoms with van der Waals surface area (Å²) in [5.74, 6) is 0. The molecule has 0 spiro atoms. The van der Waals surface area contributed by atoms with Crippen LogP contribution in [-0.2, 0) is 6.42 Å². The summed E-state index contributed by atoms with van der Waals surface area (Å²) in [5.41, 5.74) is 4.11. The summed E-state index contributed by atoms with van der Waals surface area (Å²) in [4.78, 5) is 5.05. The summed E-state index contributed by atoms with van der Waals surface area (Å²) in [6.45, 7) is 0.616. The molecule has 0 saturated carbocycles. The van der Waals surface area contributed by atoms with Gasteiger partial charge >= 0.3 is 0 Å². The van der Waals surface area contributed by atoms with Crippen molar-refractivity contribution < 1.29 is 0 Å². The molecular weight excluding hydrogens is 717 g/mol. The van der Waals surface area contributed by atoms with Gasteiger partial charge in [0.05, 0.1) is 25.5 Å². The lowest BCUT2D eigenvalue weighted by atomic mass is 10.1. The molecule has 0 aliphatic carbocycles. The Morgan fingerprint density at radius 1 is 0.321 bits per heavy atom. The summed E-state index contributed by atoms with van der Waals surface area (Å²) in [6.07, 6.45) is 2.76. The van der Waals surface area contributed by atoms with E-state index in [1.165, 1.54) is 37.4 Å². The predicted octanol–water partition coefficient (Wildman–Crippen LogP) is 11.0. The van der Waals surface area contributed by atoms with Crippen LogP contribution in [0.25, 0.3) is 0 Å². The van der Waals surface area contributed by atoms with Crippen molar-refractivity contribution in [2.24, 2.45) is 14.5 Å². The summed E-state index contributed by atoms with van der Waals surface area (Å²) in [5, 5.41) is 7.32. The van der Waals surface area contributed by atoms with Crippen molar-refractivity contribution in [2.45, 2.75) is 6.42 Å². The van der Waals surface area contributed by atoms with E-state index < -0.39 is 14.1 Å². The van der Waals surface area contributed by atoms with E-state index in [0.717, 1.165) is 23.4 Å². The zero-order chi connectivity index (χ0) is 37.9. The van der Waals surface area contributed by atoms with Crippen molar-refractivity contribution >= 4 is 63.5 Å². The van der Waals surface area contributed by atoms with Crippen LogP contribution in [0, 0.1) is 0 Å². The molecule has 8 rings (SSSR count). The average molecular weight is 760 g/mol. The normalized spacial score (nSPS) is 11.6. The maximum Gasteiger partial charge on any atom is 0.0712 e. The van der Waals surface area contributed by atoms with E-state index in [1.54, 1.807) is 0 Å². The second-order valence-corrected chi connectivity index (χ2v) is 19.5. The fourth-order valence-electron chi connectivity index (χ4n) is 7.28. The highest BCUT2D eigenvalue weighted by Crippen LogP contribution is 2.51. The van der Waals surface area contributed by atoms with E-state index >= 15 is 0 Å². The van der Waals surface area contributed by atoms with Crippen LogP contribution in [0.15, 0.2) is 245 Å². The molecule has 0 aliphatic rings. The van der Waals surface area contributed by atoms with E-state index in [9.17, 15) is 0 Å². The van der Waals surface area contributed by atoms with Crippen LogP contribution in [-0.4, -0.2) is 12.8 Å². The van der Waals surface area contributed by atoms with Gasteiger partial charge in [0.15, 0.2) is 0 Å². The third-order valence-corrected chi connectivity index (χ3v) is 17.3. The van der Waals surface area contributed by atoms with Crippen molar-refractivity contribution in [2.75, 3.05) is 6.54 Å². The standard InChI is InChI=1S/C51H43N3P2/c1-7-25-44(26-8-1)55(45-27-9-2-10-28-45,46-29-11-3-12-30-46)53-50-37-21-19-23-42(50)39-40-52-41-43-24-20-22-38-51(43)54-56(47-31-13-4-14-32-47,48-33-15-5-16-34-48)49-35-17-6-18-36-49/h1-38,41H,39-40H2. The van der Waals surface area contributed by atoms with Crippen LogP contribution in [0.4, 0.5) is 11.4 Å². The van der Waals surface area contributed by atoms with E-state index in [4.69, 9.17) is 14.5 Å². The molecule has 0 amide bonds. The molecule has 0 fully saturated rings. The first-order valence-electron chi connectivity index (χ1n) is 19.0. The molecule has 0 aliphatic heterocycles. The van der Waals surface area contributed by atoms with Crippen molar-refractivity contribution in [3.05, 3.63) is 242 Å². The van der Waals surface area contributed by atoms with Crippen molar-refractivity contribution in [1.82, 2.24) is 0 Å². The van der Waals surface area contributed by atoms with Gasteiger partial charge in [-0.3, -0.25) is 14.5 Å². The zero-order valence-corrected chi connectivity index (χ0v) is 33.0. The summed E-state index contributed by atoms with van der Waals surface area (Å²) in [6, 6.07) is 81.7. The van der Waals surface area contributed by atoms with E-state index in [-0.39, 0.29) is 0 Å². The van der Waals surface area contributed by atoms with E-state index in [2.05, 4.69) is 231 Å². The number of benzene rings is 8. The molecule has 0 heterocycles. The highest BCUT2D eigenvalue weighted by molar-refractivity contribution is 7.88. The molecule has 8 aromatic rings. The number of nitrogens with zero attached hydrogens (tertiary/aromatic N) is 3. The minimum Gasteiger partial charge on any atom is -0.292 e. The van der Waals surface area contributed by atoms with Crippen LogP contribution < -0.4 is 31.8 Å². The van der Waals surface area contributed by atoms with Gasteiger partial charge in [0.25, 0.3) is 0 Å². The van der Waals surface area contributed by atoms with Gasteiger partial charge in [-0.05, 0) is 24.1 Å². The van der Waals surface area contributed by atoms with Crippen LogP contribution in [0.2, 0.25) is 0 Å².